The van der Waals surface area contributed by atoms with Gasteiger partial charge in [0.2, 0.25) is 0 Å². The zero-order chi connectivity index (χ0) is 16.9. The molecule has 0 N–H and O–H groups in total. The third kappa shape index (κ3) is 3.07. The number of carbonyl (C=O) groups is 1. The van der Waals surface area contributed by atoms with Crippen LogP contribution in [0.2, 0.25) is 0 Å². The van der Waals surface area contributed by atoms with Gasteiger partial charge in [0.1, 0.15) is 6.61 Å². The van der Waals surface area contributed by atoms with Crippen LogP contribution in [0.15, 0.2) is 61.2 Å². The third-order valence-corrected chi connectivity index (χ3v) is 4.44. The quantitative estimate of drug-likeness (QED) is 0.713. The molecular formula is C21H23NO2. The van der Waals surface area contributed by atoms with E-state index in [4.69, 9.17) is 4.74 Å². The molecule has 0 aromatic heterocycles. The molecule has 2 aromatic carbocycles. The standard InChI is InChI=1S/C21H23NO2/c1-3-13-22(14-4-2)21(23)24-15-20-18-11-7-5-9-16(18)17-10-6-8-12-19(17)20/h3,5-12,20H,1,4,13-15H2,2H3. The molecule has 0 spiro atoms. The van der Waals surface area contributed by atoms with Gasteiger partial charge in [-0.2, -0.15) is 0 Å². The van der Waals surface area contributed by atoms with Gasteiger partial charge in [0.25, 0.3) is 0 Å². The molecule has 24 heavy (non-hydrogen) atoms. The first kappa shape index (κ1) is 16.3. The second-order valence-corrected chi connectivity index (χ2v) is 6.04. The number of carbonyl (C=O) groups excluding carboxylic acids is 1. The lowest BCUT2D eigenvalue weighted by molar-refractivity contribution is 0.104. The summed E-state index contributed by atoms with van der Waals surface area (Å²) in [4.78, 5) is 14.1. The van der Waals surface area contributed by atoms with Crippen molar-refractivity contribution in [1.82, 2.24) is 4.90 Å². The lowest BCUT2D eigenvalue weighted by Crippen LogP contribution is -2.33. The van der Waals surface area contributed by atoms with Crippen molar-refractivity contribution in [2.24, 2.45) is 0 Å². The number of hydrogen-bond donors (Lipinski definition) is 0. The van der Waals surface area contributed by atoms with Crippen LogP contribution in [0.3, 0.4) is 0 Å². The Balaban J connectivity index is 1.78. The van der Waals surface area contributed by atoms with Crippen molar-refractivity contribution in [3.05, 3.63) is 72.3 Å². The lowest BCUT2D eigenvalue weighted by atomic mass is 9.98. The molecule has 124 valence electrons. The summed E-state index contributed by atoms with van der Waals surface area (Å²) in [6.07, 6.45) is 2.37. The SMILES string of the molecule is C=CCN(CCC)C(=O)OCC1c2ccccc2-c2ccccc21. The summed E-state index contributed by atoms with van der Waals surface area (Å²) < 4.78 is 5.65. The fourth-order valence-electron chi connectivity index (χ4n) is 3.37. The van der Waals surface area contributed by atoms with Crippen LogP contribution in [0.5, 0.6) is 0 Å². The van der Waals surface area contributed by atoms with E-state index in [0.29, 0.717) is 19.7 Å². The lowest BCUT2D eigenvalue weighted by Gasteiger charge is -2.21. The van der Waals surface area contributed by atoms with E-state index < -0.39 is 0 Å². The Bertz CT molecular complexity index is 693. The van der Waals surface area contributed by atoms with Gasteiger partial charge in [-0.05, 0) is 28.7 Å². The van der Waals surface area contributed by atoms with Crippen LogP contribution in [-0.2, 0) is 4.74 Å². The van der Waals surface area contributed by atoms with Crippen LogP contribution in [0, 0.1) is 0 Å². The van der Waals surface area contributed by atoms with Crippen molar-refractivity contribution < 1.29 is 9.53 Å². The summed E-state index contributed by atoms with van der Waals surface area (Å²) in [7, 11) is 0. The molecule has 1 amide bonds. The number of hydrogen-bond acceptors (Lipinski definition) is 2. The monoisotopic (exact) mass is 321 g/mol. The van der Waals surface area contributed by atoms with Gasteiger partial charge in [0.05, 0.1) is 0 Å². The van der Waals surface area contributed by atoms with Gasteiger partial charge < -0.3 is 9.64 Å². The minimum absolute atomic E-state index is 0.105. The molecule has 1 aliphatic carbocycles. The van der Waals surface area contributed by atoms with Crippen molar-refractivity contribution >= 4 is 6.09 Å². The molecule has 0 unspecified atom stereocenters. The highest BCUT2D eigenvalue weighted by atomic mass is 16.6. The molecule has 0 aliphatic heterocycles. The van der Waals surface area contributed by atoms with Crippen LogP contribution in [0.4, 0.5) is 4.79 Å². The van der Waals surface area contributed by atoms with Gasteiger partial charge in [0, 0.05) is 19.0 Å². The number of benzene rings is 2. The summed E-state index contributed by atoms with van der Waals surface area (Å²) in [6, 6.07) is 16.7. The zero-order valence-corrected chi connectivity index (χ0v) is 14.1. The molecule has 0 bridgehead atoms. The van der Waals surface area contributed by atoms with Crippen LogP contribution < -0.4 is 0 Å². The van der Waals surface area contributed by atoms with E-state index in [1.54, 1.807) is 11.0 Å². The number of ether oxygens (including phenoxy) is 1. The molecule has 0 radical (unpaired) electrons. The van der Waals surface area contributed by atoms with Gasteiger partial charge in [-0.3, -0.25) is 0 Å². The summed E-state index contributed by atoms with van der Waals surface area (Å²) in [5.74, 6) is 0.105. The molecule has 0 atom stereocenters. The summed E-state index contributed by atoms with van der Waals surface area (Å²) in [5.41, 5.74) is 4.95. The second kappa shape index (κ2) is 7.35. The van der Waals surface area contributed by atoms with Crippen molar-refractivity contribution in [3.63, 3.8) is 0 Å². The Morgan fingerprint density at radius 2 is 1.71 bits per heavy atom. The van der Waals surface area contributed by atoms with Crippen molar-refractivity contribution in [3.8, 4) is 11.1 Å². The number of rotatable bonds is 6. The van der Waals surface area contributed by atoms with Crippen molar-refractivity contribution in [2.45, 2.75) is 19.3 Å². The highest BCUT2D eigenvalue weighted by Gasteiger charge is 2.29. The highest BCUT2D eigenvalue weighted by molar-refractivity contribution is 5.79. The first-order chi connectivity index (χ1) is 11.8. The molecule has 0 saturated heterocycles. The van der Waals surface area contributed by atoms with Gasteiger partial charge in [0.15, 0.2) is 0 Å². The van der Waals surface area contributed by atoms with Crippen LogP contribution >= 0.6 is 0 Å². The number of amides is 1. The molecule has 3 nitrogen and oxygen atoms in total. The first-order valence-corrected chi connectivity index (χ1v) is 8.47. The fourth-order valence-corrected chi connectivity index (χ4v) is 3.37. The smallest absolute Gasteiger partial charge is 0.410 e. The molecule has 0 fully saturated rings. The molecule has 3 rings (SSSR count). The summed E-state index contributed by atoms with van der Waals surface area (Å²) in [5, 5.41) is 0. The van der Waals surface area contributed by atoms with Crippen LogP contribution in [0.25, 0.3) is 11.1 Å². The van der Waals surface area contributed by atoms with E-state index in [9.17, 15) is 4.79 Å². The maximum Gasteiger partial charge on any atom is 0.410 e. The average Bonchev–Trinajstić information content (AvgIpc) is 2.93. The predicted octanol–water partition coefficient (Wildman–Crippen LogP) is 4.83. The minimum atomic E-state index is -0.265. The van der Waals surface area contributed by atoms with Crippen molar-refractivity contribution in [2.75, 3.05) is 19.7 Å². The number of fused-ring (bicyclic) bond motifs is 3. The fraction of sp³-hybridized carbons (Fsp3) is 0.286. The van der Waals surface area contributed by atoms with E-state index in [1.165, 1.54) is 22.3 Å². The number of nitrogens with zero attached hydrogens (tertiary/aromatic N) is 1. The van der Waals surface area contributed by atoms with Gasteiger partial charge in [-0.15, -0.1) is 6.58 Å². The topological polar surface area (TPSA) is 29.5 Å². The molecule has 2 aromatic rings. The minimum Gasteiger partial charge on any atom is -0.448 e. The van der Waals surface area contributed by atoms with Gasteiger partial charge >= 0.3 is 6.09 Å². The molecule has 1 aliphatic rings. The van der Waals surface area contributed by atoms with Crippen molar-refractivity contribution in [1.29, 1.82) is 0 Å². The molecular weight excluding hydrogens is 298 g/mol. The van der Waals surface area contributed by atoms with Gasteiger partial charge in [-0.1, -0.05) is 61.5 Å². The summed E-state index contributed by atoms with van der Waals surface area (Å²) >= 11 is 0. The van der Waals surface area contributed by atoms with Crippen LogP contribution in [-0.4, -0.2) is 30.7 Å². The van der Waals surface area contributed by atoms with E-state index >= 15 is 0 Å². The largest absolute Gasteiger partial charge is 0.448 e. The Kier molecular flexibility index (Phi) is 4.99. The maximum absolute atomic E-state index is 12.4. The molecule has 0 saturated carbocycles. The highest BCUT2D eigenvalue weighted by Crippen LogP contribution is 2.44. The zero-order valence-electron chi connectivity index (χ0n) is 14.1. The van der Waals surface area contributed by atoms with Crippen LogP contribution in [0.1, 0.15) is 30.4 Å². The predicted molar refractivity (Wildman–Crippen MR) is 97.1 cm³/mol. The van der Waals surface area contributed by atoms with E-state index in [0.717, 1.165) is 6.42 Å². The Labute approximate surface area is 143 Å². The van der Waals surface area contributed by atoms with E-state index in [2.05, 4.69) is 43.0 Å². The Morgan fingerprint density at radius 3 is 2.25 bits per heavy atom. The normalized spacial score (nSPS) is 12.4. The Hall–Kier alpha value is -2.55. The maximum atomic E-state index is 12.4. The van der Waals surface area contributed by atoms with E-state index in [1.807, 2.05) is 19.1 Å². The second-order valence-electron chi connectivity index (χ2n) is 6.04. The summed E-state index contributed by atoms with van der Waals surface area (Å²) in [6.45, 7) is 7.33. The van der Waals surface area contributed by atoms with E-state index in [-0.39, 0.29) is 12.0 Å². The molecule has 0 heterocycles. The third-order valence-electron chi connectivity index (χ3n) is 4.44. The Morgan fingerprint density at radius 1 is 1.12 bits per heavy atom. The van der Waals surface area contributed by atoms with Gasteiger partial charge in [-0.25, -0.2) is 4.79 Å². The molecule has 3 heteroatoms. The first-order valence-electron chi connectivity index (χ1n) is 8.47. The average molecular weight is 321 g/mol.